The Hall–Kier alpha value is -2.61. The van der Waals surface area contributed by atoms with E-state index in [1.54, 1.807) is 6.20 Å². The molecule has 6 nitrogen and oxygen atoms in total. The molecule has 1 fully saturated rings. The van der Waals surface area contributed by atoms with Crippen LogP contribution in [0.1, 0.15) is 21.7 Å². The monoisotopic (exact) mass is 421 g/mol. The smallest absolute Gasteiger partial charge is 0.227 e. The molecule has 1 aliphatic rings. The fourth-order valence-corrected chi connectivity index (χ4v) is 4.41. The summed E-state index contributed by atoms with van der Waals surface area (Å²) in [5, 5.41) is 3.32. The lowest BCUT2D eigenvalue weighted by Crippen LogP contribution is -2.44. The highest BCUT2D eigenvalue weighted by Crippen LogP contribution is 2.26. The van der Waals surface area contributed by atoms with Gasteiger partial charge in [0.25, 0.3) is 0 Å². The number of rotatable bonds is 8. The van der Waals surface area contributed by atoms with Gasteiger partial charge in [-0.05, 0) is 62.3 Å². The van der Waals surface area contributed by atoms with Crippen molar-refractivity contribution in [1.82, 2.24) is 19.8 Å². The first kappa shape index (κ1) is 20.7. The van der Waals surface area contributed by atoms with E-state index in [0.29, 0.717) is 10.8 Å². The van der Waals surface area contributed by atoms with Gasteiger partial charge in [-0.3, -0.25) is 4.79 Å². The predicted octanol–water partition coefficient (Wildman–Crippen LogP) is 3.94. The molecule has 0 spiro atoms. The fraction of sp³-hybridized carbons (Fsp3) is 0.348. The third-order valence-corrected chi connectivity index (χ3v) is 6.40. The van der Waals surface area contributed by atoms with Gasteiger partial charge in [0.15, 0.2) is 6.29 Å². The Morgan fingerprint density at radius 2 is 2.00 bits per heavy atom. The van der Waals surface area contributed by atoms with Crippen molar-refractivity contribution in [3.05, 3.63) is 59.1 Å². The number of hydrogen-bond acceptors (Lipinski definition) is 7. The quantitative estimate of drug-likeness (QED) is 0.556. The van der Waals surface area contributed by atoms with Gasteiger partial charge in [0.05, 0.1) is 15.4 Å². The molecular formula is C23H27N5OS. The van der Waals surface area contributed by atoms with Crippen LogP contribution in [0.25, 0.3) is 10.6 Å². The van der Waals surface area contributed by atoms with Gasteiger partial charge in [0.1, 0.15) is 0 Å². The second kappa shape index (κ2) is 9.93. The van der Waals surface area contributed by atoms with Crippen LogP contribution in [0.2, 0.25) is 0 Å². The molecule has 3 aromatic rings. The highest BCUT2D eigenvalue weighted by atomic mass is 32.1. The number of benzene rings is 1. The van der Waals surface area contributed by atoms with Crippen molar-refractivity contribution in [2.24, 2.45) is 0 Å². The molecule has 0 amide bonds. The standard InChI is InChI=1S/C23H27N5OS/c1-27-12-14-28(15-13-27)11-3-5-18-4-2-6-19(16-18)25-23-24-10-9-21(26-23)22-8-7-20(17-29)30-22/h2,4,6-10,16-17H,3,5,11-15H2,1H3,(H,24,25,26). The van der Waals surface area contributed by atoms with E-state index in [-0.39, 0.29) is 0 Å². The second-order valence-electron chi connectivity index (χ2n) is 7.66. The number of likely N-dealkylation sites (N-methyl/N-ethyl adjacent to an activating group) is 1. The Morgan fingerprint density at radius 1 is 1.13 bits per heavy atom. The van der Waals surface area contributed by atoms with Crippen molar-refractivity contribution in [2.45, 2.75) is 12.8 Å². The van der Waals surface area contributed by atoms with Gasteiger partial charge in [0.2, 0.25) is 5.95 Å². The lowest BCUT2D eigenvalue weighted by atomic mass is 10.1. The normalized spacial score (nSPS) is 15.2. The SMILES string of the molecule is CN1CCN(CCCc2cccc(Nc3nccc(-c4ccc(C=O)s4)n3)c2)CC1. The number of hydrogen-bond donors (Lipinski definition) is 1. The molecule has 1 aromatic carbocycles. The first-order valence-corrected chi connectivity index (χ1v) is 11.2. The van der Waals surface area contributed by atoms with E-state index in [1.807, 2.05) is 24.3 Å². The molecule has 0 unspecified atom stereocenters. The van der Waals surface area contributed by atoms with Gasteiger partial charge < -0.3 is 15.1 Å². The van der Waals surface area contributed by atoms with Gasteiger partial charge >= 0.3 is 0 Å². The van der Waals surface area contributed by atoms with E-state index < -0.39 is 0 Å². The van der Waals surface area contributed by atoms with Crippen LogP contribution in [0.5, 0.6) is 0 Å². The summed E-state index contributed by atoms with van der Waals surface area (Å²) in [6.45, 7) is 5.83. The third-order valence-electron chi connectivity index (χ3n) is 5.37. The molecule has 2 aromatic heterocycles. The summed E-state index contributed by atoms with van der Waals surface area (Å²) in [5.41, 5.74) is 3.12. The molecule has 0 bridgehead atoms. The van der Waals surface area contributed by atoms with Gasteiger partial charge in [-0.15, -0.1) is 11.3 Å². The maximum absolute atomic E-state index is 10.9. The molecule has 30 heavy (non-hydrogen) atoms. The van der Waals surface area contributed by atoms with Crippen molar-refractivity contribution < 1.29 is 4.79 Å². The fourth-order valence-electron chi connectivity index (χ4n) is 3.62. The highest BCUT2D eigenvalue weighted by Gasteiger charge is 2.13. The molecule has 3 heterocycles. The average molecular weight is 422 g/mol. The molecule has 0 atom stereocenters. The number of anilines is 2. The van der Waals surface area contributed by atoms with Gasteiger partial charge in [0, 0.05) is 38.1 Å². The minimum absolute atomic E-state index is 0.558. The summed E-state index contributed by atoms with van der Waals surface area (Å²) >= 11 is 1.43. The van der Waals surface area contributed by atoms with Crippen molar-refractivity contribution in [1.29, 1.82) is 0 Å². The molecular weight excluding hydrogens is 394 g/mol. The molecule has 156 valence electrons. The van der Waals surface area contributed by atoms with Crippen LogP contribution in [0.3, 0.4) is 0 Å². The number of aromatic nitrogens is 2. The summed E-state index contributed by atoms with van der Waals surface area (Å²) in [7, 11) is 2.19. The molecule has 1 N–H and O–H groups in total. The van der Waals surface area contributed by atoms with Crippen LogP contribution in [-0.2, 0) is 6.42 Å². The van der Waals surface area contributed by atoms with Crippen molar-refractivity contribution >= 4 is 29.3 Å². The summed E-state index contributed by atoms with van der Waals surface area (Å²) in [5.74, 6) is 0.558. The van der Waals surface area contributed by atoms with E-state index in [9.17, 15) is 4.79 Å². The summed E-state index contributed by atoms with van der Waals surface area (Å²) in [6, 6.07) is 14.1. The number of aryl methyl sites for hydroxylation is 1. The zero-order chi connectivity index (χ0) is 20.8. The topological polar surface area (TPSA) is 61.4 Å². The predicted molar refractivity (Wildman–Crippen MR) is 123 cm³/mol. The van der Waals surface area contributed by atoms with E-state index in [1.165, 1.54) is 43.1 Å². The lowest BCUT2D eigenvalue weighted by Gasteiger charge is -2.32. The number of nitrogens with zero attached hydrogens (tertiary/aromatic N) is 4. The van der Waals surface area contributed by atoms with Crippen molar-refractivity contribution in [2.75, 3.05) is 45.1 Å². The largest absolute Gasteiger partial charge is 0.324 e. The van der Waals surface area contributed by atoms with Crippen molar-refractivity contribution in [3.63, 3.8) is 0 Å². The van der Waals surface area contributed by atoms with Crippen LogP contribution >= 0.6 is 11.3 Å². The summed E-state index contributed by atoms with van der Waals surface area (Å²) < 4.78 is 0. The summed E-state index contributed by atoms with van der Waals surface area (Å²) in [6.07, 6.45) is 4.83. The second-order valence-corrected chi connectivity index (χ2v) is 8.77. The van der Waals surface area contributed by atoms with Crippen LogP contribution < -0.4 is 5.32 Å². The van der Waals surface area contributed by atoms with E-state index >= 15 is 0 Å². The number of carbonyl (C=O) groups excluding carboxylic acids is 1. The van der Waals surface area contributed by atoms with Gasteiger partial charge in [-0.1, -0.05) is 12.1 Å². The molecule has 1 saturated heterocycles. The molecule has 7 heteroatoms. The first-order chi connectivity index (χ1) is 14.7. The third kappa shape index (κ3) is 5.50. The number of nitrogens with one attached hydrogen (secondary N) is 1. The molecule has 4 rings (SSSR count). The highest BCUT2D eigenvalue weighted by molar-refractivity contribution is 7.17. The van der Waals surface area contributed by atoms with Crippen LogP contribution in [-0.4, -0.2) is 65.8 Å². The van der Waals surface area contributed by atoms with Crippen LogP contribution in [0.15, 0.2) is 48.7 Å². The maximum Gasteiger partial charge on any atom is 0.227 e. The molecule has 0 saturated carbocycles. The zero-order valence-corrected chi connectivity index (χ0v) is 18.1. The number of aldehydes is 1. The lowest BCUT2D eigenvalue weighted by molar-refractivity contribution is 0.112. The van der Waals surface area contributed by atoms with Crippen LogP contribution in [0.4, 0.5) is 11.6 Å². The molecule has 1 aliphatic heterocycles. The minimum Gasteiger partial charge on any atom is -0.324 e. The maximum atomic E-state index is 10.9. The van der Waals surface area contributed by atoms with Crippen LogP contribution in [0, 0.1) is 0 Å². The Bertz CT molecular complexity index is 981. The van der Waals surface area contributed by atoms with E-state index in [4.69, 9.17) is 0 Å². The zero-order valence-electron chi connectivity index (χ0n) is 17.3. The molecule has 0 aliphatic carbocycles. The Balaban J connectivity index is 1.35. The first-order valence-electron chi connectivity index (χ1n) is 10.3. The number of carbonyl (C=O) groups is 1. The minimum atomic E-state index is 0.558. The number of piperazine rings is 1. The Morgan fingerprint density at radius 3 is 2.80 bits per heavy atom. The van der Waals surface area contributed by atoms with E-state index in [0.717, 1.165) is 41.9 Å². The Kier molecular flexibility index (Phi) is 6.84. The van der Waals surface area contributed by atoms with Crippen molar-refractivity contribution in [3.8, 4) is 10.6 Å². The van der Waals surface area contributed by atoms with E-state index in [2.05, 4.69) is 50.3 Å². The van der Waals surface area contributed by atoms with Gasteiger partial charge in [-0.25, -0.2) is 9.97 Å². The van der Waals surface area contributed by atoms with Gasteiger partial charge in [-0.2, -0.15) is 0 Å². The molecule has 0 radical (unpaired) electrons. The summed E-state index contributed by atoms with van der Waals surface area (Å²) in [4.78, 5) is 26.5. The number of thiophene rings is 1. The average Bonchev–Trinajstić information content (AvgIpc) is 3.25. The Labute approximate surface area is 181 Å².